The number of nitrogens with zero attached hydrogens (tertiary/aromatic N) is 2. The maximum atomic E-state index is 11.0. The van der Waals surface area contributed by atoms with Crippen molar-refractivity contribution >= 4 is 5.97 Å². The van der Waals surface area contributed by atoms with Gasteiger partial charge in [0.2, 0.25) is 0 Å². The summed E-state index contributed by atoms with van der Waals surface area (Å²) in [5.41, 5.74) is 1.27. The molecule has 0 amide bonds. The molecule has 1 heterocycles. The highest BCUT2D eigenvalue weighted by molar-refractivity contribution is 5.85. The van der Waals surface area contributed by atoms with E-state index in [1.165, 1.54) is 16.9 Å². The molecule has 0 spiro atoms. The van der Waals surface area contributed by atoms with Crippen molar-refractivity contribution in [2.75, 3.05) is 6.61 Å². The Bertz CT molecular complexity index is 537. The zero-order valence-corrected chi connectivity index (χ0v) is 10.7. The Morgan fingerprint density at radius 2 is 2.11 bits per heavy atom. The van der Waals surface area contributed by atoms with Crippen molar-refractivity contribution in [3.05, 3.63) is 53.9 Å². The minimum Gasteiger partial charge on any atom is -0.477 e. The summed E-state index contributed by atoms with van der Waals surface area (Å²) in [6.07, 6.45) is 1.48. The Morgan fingerprint density at radius 1 is 1.37 bits per heavy atom. The van der Waals surface area contributed by atoms with Crippen LogP contribution in [0.15, 0.2) is 42.6 Å². The number of carboxylic acid groups (broad SMARTS) is 1. The lowest BCUT2D eigenvalue weighted by atomic mass is 10.2. The monoisotopic (exact) mass is 260 g/mol. The Balaban J connectivity index is 1.89. The van der Waals surface area contributed by atoms with Gasteiger partial charge in [-0.2, -0.15) is 5.10 Å². The van der Waals surface area contributed by atoms with E-state index in [1.807, 2.05) is 37.3 Å². The van der Waals surface area contributed by atoms with E-state index in [1.54, 1.807) is 0 Å². The molecule has 1 atom stereocenters. The number of aromatic carboxylic acids is 1. The molecule has 5 heteroatoms. The van der Waals surface area contributed by atoms with Crippen molar-refractivity contribution in [2.45, 2.75) is 19.6 Å². The maximum Gasteiger partial charge on any atom is 0.354 e. The van der Waals surface area contributed by atoms with E-state index in [0.29, 0.717) is 13.2 Å². The van der Waals surface area contributed by atoms with Gasteiger partial charge in [-0.15, -0.1) is 0 Å². The summed E-state index contributed by atoms with van der Waals surface area (Å²) >= 11 is 0. The molecule has 0 fully saturated rings. The molecule has 19 heavy (non-hydrogen) atoms. The molecule has 1 aromatic heterocycles. The van der Waals surface area contributed by atoms with Gasteiger partial charge in [-0.05, 0) is 18.6 Å². The Morgan fingerprint density at radius 3 is 2.79 bits per heavy atom. The van der Waals surface area contributed by atoms with Gasteiger partial charge >= 0.3 is 5.97 Å². The Labute approximate surface area is 111 Å². The van der Waals surface area contributed by atoms with E-state index < -0.39 is 5.97 Å². The summed E-state index contributed by atoms with van der Waals surface area (Å²) in [4.78, 5) is 11.0. The van der Waals surface area contributed by atoms with Crippen LogP contribution in [0.1, 0.15) is 29.0 Å². The molecule has 0 bridgehead atoms. The molecular formula is C14H16N2O3. The maximum absolute atomic E-state index is 11.0. The lowest BCUT2D eigenvalue weighted by Gasteiger charge is -2.14. The van der Waals surface area contributed by atoms with Gasteiger partial charge in [-0.1, -0.05) is 30.3 Å². The van der Waals surface area contributed by atoms with Gasteiger partial charge in [-0.25, -0.2) is 4.79 Å². The molecule has 0 saturated carbocycles. The van der Waals surface area contributed by atoms with Gasteiger partial charge in [0, 0.05) is 6.20 Å². The number of aromatic nitrogens is 2. The van der Waals surface area contributed by atoms with Crippen LogP contribution in [-0.4, -0.2) is 27.5 Å². The minimum absolute atomic E-state index is 0.121. The van der Waals surface area contributed by atoms with Crippen molar-refractivity contribution in [3.8, 4) is 0 Å². The van der Waals surface area contributed by atoms with Gasteiger partial charge in [-0.3, -0.25) is 4.68 Å². The summed E-state index contributed by atoms with van der Waals surface area (Å²) in [6, 6.07) is 11.2. The number of benzene rings is 1. The van der Waals surface area contributed by atoms with Crippen molar-refractivity contribution in [2.24, 2.45) is 0 Å². The van der Waals surface area contributed by atoms with Gasteiger partial charge in [0.05, 0.1) is 19.3 Å². The number of hydrogen-bond acceptors (Lipinski definition) is 3. The summed E-state index contributed by atoms with van der Waals surface area (Å²) in [7, 11) is 0. The van der Waals surface area contributed by atoms with Gasteiger partial charge < -0.3 is 9.84 Å². The summed E-state index contributed by atoms with van der Waals surface area (Å²) in [5, 5.41) is 13.0. The second-order valence-corrected chi connectivity index (χ2v) is 4.32. The topological polar surface area (TPSA) is 64.4 Å². The molecule has 2 rings (SSSR count). The molecule has 1 N–H and O–H groups in total. The average molecular weight is 260 g/mol. The first-order chi connectivity index (χ1) is 9.18. The SMILES string of the molecule is C[C@@H](COCc1ccccc1)n1nccc1C(=O)O. The zero-order chi connectivity index (χ0) is 13.7. The molecule has 0 aliphatic rings. The molecule has 0 radical (unpaired) electrons. The molecule has 0 aliphatic carbocycles. The minimum atomic E-state index is -0.979. The van der Waals surface area contributed by atoms with E-state index in [9.17, 15) is 4.79 Å². The largest absolute Gasteiger partial charge is 0.477 e. The standard InChI is InChI=1S/C14H16N2O3/c1-11(16-13(14(17)18)7-8-15-16)9-19-10-12-5-3-2-4-6-12/h2-8,11H,9-10H2,1H3,(H,17,18)/t11-/m0/s1. The number of carbonyl (C=O) groups is 1. The van der Waals surface area contributed by atoms with E-state index in [0.717, 1.165) is 5.56 Å². The van der Waals surface area contributed by atoms with Gasteiger partial charge in [0.25, 0.3) is 0 Å². The van der Waals surface area contributed by atoms with Crippen LogP contribution in [0.2, 0.25) is 0 Å². The van der Waals surface area contributed by atoms with Gasteiger partial charge in [0.15, 0.2) is 0 Å². The van der Waals surface area contributed by atoms with E-state index in [2.05, 4.69) is 5.10 Å². The van der Waals surface area contributed by atoms with E-state index >= 15 is 0 Å². The van der Waals surface area contributed by atoms with E-state index in [4.69, 9.17) is 9.84 Å². The predicted octanol–water partition coefficient (Wildman–Crippen LogP) is 2.36. The number of carboxylic acids is 1. The number of ether oxygens (including phenoxy) is 1. The third-order valence-electron chi connectivity index (χ3n) is 2.78. The first-order valence-corrected chi connectivity index (χ1v) is 6.07. The van der Waals surface area contributed by atoms with Crippen LogP contribution in [-0.2, 0) is 11.3 Å². The van der Waals surface area contributed by atoms with Gasteiger partial charge in [0.1, 0.15) is 5.69 Å². The van der Waals surface area contributed by atoms with Crippen LogP contribution >= 0.6 is 0 Å². The second kappa shape index (κ2) is 6.15. The summed E-state index contributed by atoms with van der Waals surface area (Å²) < 4.78 is 7.05. The van der Waals surface area contributed by atoms with Crippen molar-refractivity contribution < 1.29 is 14.6 Å². The molecule has 2 aromatic rings. The third-order valence-corrected chi connectivity index (χ3v) is 2.78. The lowest BCUT2D eigenvalue weighted by molar-refractivity contribution is 0.0657. The fourth-order valence-corrected chi connectivity index (χ4v) is 1.83. The van der Waals surface area contributed by atoms with Crippen molar-refractivity contribution in [1.29, 1.82) is 0 Å². The molecular weight excluding hydrogens is 244 g/mol. The lowest BCUT2D eigenvalue weighted by Crippen LogP contribution is -2.18. The predicted molar refractivity (Wildman–Crippen MR) is 70.0 cm³/mol. The van der Waals surface area contributed by atoms with Crippen LogP contribution < -0.4 is 0 Å². The third kappa shape index (κ3) is 3.42. The Kier molecular flexibility index (Phi) is 4.30. The normalized spacial score (nSPS) is 12.3. The second-order valence-electron chi connectivity index (χ2n) is 4.32. The molecule has 0 aliphatic heterocycles. The highest BCUT2D eigenvalue weighted by Crippen LogP contribution is 2.11. The van der Waals surface area contributed by atoms with E-state index in [-0.39, 0.29) is 11.7 Å². The fraction of sp³-hybridized carbons (Fsp3) is 0.286. The fourth-order valence-electron chi connectivity index (χ4n) is 1.83. The van der Waals surface area contributed by atoms with Crippen LogP contribution in [0.3, 0.4) is 0 Å². The average Bonchev–Trinajstić information content (AvgIpc) is 2.89. The smallest absolute Gasteiger partial charge is 0.354 e. The molecule has 1 aromatic carbocycles. The van der Waals surface area contributed by atoms with Crippen molar-refractivity contribution in [3.63, 3.8) is 0 Å². The van der Waals surface area contributed by atoms with Crippen molar-refractivity contribution in [1.82, 2.24) is 9.78 Å². The summed E-state index contributed by atoms with van der Waals surface area (Å²) in [6.45, 7) is 2.80. The molecule has 5 nitrogen and oxygen atoms in total. The number of hydrogen-bond donors (Lipinski definition) is 1. The Hall–Kier alpha value is -2.14. The highest BCUT2D eigenvalue weighted by atomic mass is 16.5. The van der Waals surface area contributed by atoms with Crippen LogP contribution in [0, 0.1) is 0 Å². The molecule has 0 unspecified atom stereocenters. The highest BCUT2D eigenvalue weighted by Gasteiger charge is 2.15. The summed E-state index contributed by atoms with van der Waals surface area (Å²) in [5.74, 6) is -0.979. The van der Waals surface area contributed by atoms with Crippen LogP contribution in [0.5, 0.6) is 0 Å². The quantitative estimate of drug-likeness (QED) is 0.866. The molecule has 0 saturated heterocycles. The number of rotatable bonds is 6. The van der Waals surface area contributed by atoms with Crippen LogP contribution in [0.4, 0.5) is 0 Å². The van der Waals surface area contributed by atoms with Crippen LogP contribution in [0.25, 0.3) is 0 Å². The zero-order valence-electron chi connectivity index (χ0n) is 10.7. The first-order valence-electron chi connectivity index (χ1n) is 6.07. The first kappa shape index (κ1) is 13.3. The molecule has 100 valence electrons.